The van der Waals surface area contributed by atoms with Crippen LogP contribution in [0.1, 0.15) is 66.5 Å². The van der Waals surface area contributed by atoms with Gasteiger partial charge in [-0.2, -0.15) is 0 Å². The zero-order valence-corrected chi connectivity index (χ0v) is 21.0. The van der Waals surface area contributed by atoms with Gasteiger partial charge >= 0.3 is 0 Å². The fourth-order valence-corrected chi connectivity index (χ4v) is 4.59. The van der Waals surface area contributed by atoms with Crippen molar-refractivity contribution in [3.8, 4) is 5.75 Å². The van der Waals surface area contributed by atoms with Crippen molar-refractivity contribution in [3.63, 3.8) is 0 Å². The molecule has 0 spiro atoms. The van der Waals surface area contributed by atoms with Gasteiger partial charge in [-0.1, -0.05) is 32.9 Å². The minimum Gasteiger partial charge on any atom is -0.507 e. The van der Waals surface area contributed by atoms with E-state index in [1.54, 1.807) is 26.2 Å². The maximum Gasteiger partial charge on any atom is 0.300 e. The van der Waals surface area contributed by atoms with Crippen LogP contribution in [0.5, 0.6) is 5.75 Å². The highest BCUT2D eigenvalue weighted by Crippen LogP contribution is 2.44. The largest absolute Gasteiger partial charge is 0.507 e. The molecule has 1 saturated heterocycles. The molecule has 0 bridgehead atoms. The number of ether oxygens (including phenoxy) is 1. The number of rotatable bonds is 6. The molecule has 0 radical (unpaired) electrons. The number of hydrogen-bond acceptors (Lipinski definition) is 5. The van der Waals surface area contributed by atoms with E-state index >= 15 is 0 Å². The Labute approximate surface area is 205 Å². The highest BCUT2D eigenvalue weighted by atomic mass is 16.5. The van der Waals surface area contributed by atoms with Gasteiger partial charge in [0.15, 0.2) is 0 Å². The Kier molecular flexibility index (Phi) is 6.57. The molecule has 182 valence electrons. The smallest absolute Gasteiger partial charge is 0.300 e. The first-order valence-corrected chi connectivity index (χ1v) is 11.8. The number of aryl methyl sites for hydroxylation is 3. The molecule has 4 rings (SSSR count). The molecule has 0 saturated carbocycles. The first kappa shape index (κ1) is 24.3. The number of carbonyl (C=O) groups is 2. The third-order valence-electron chi connectivity index (χ3n) is 6.55. The number of hydrogen-bond donors (Lipinski definition) is 1. The molecule has 1 fully saturated rings. The predicted octanol–water partition coefficient (Wildman–Crippen LogP) is 6.22. The zero-order valence-electron chi connectivity index (χ0n) is 21.0. The summed E-state index contributed by atoms with van der Waals surface area (Å²) in [5.41, 5.74) is 3.81. The van der Waals surface area contributed by atoms with E-state index in [1.807, 2.05) is 57.2 Å². The number of anilines is 1. The minimum absolute atomic E-state index is 0.00638. The standard InChI is InChI=1S/C29H31NO5/c1-7-19-9-11-20(12-10-19)30-26(23-13-8-18(5)35-23)25(28(32)29(30)33)27(31)22-15-21(16(2)3)24(34-6)14-17(22)4/h8-16,26,31H,7H2,1-6H3/b27-25+. The topological polar surface area (TPSA) is 80.0 Å². The van der Waals surface area contributed by atoms with Crippen LogP contribution in [0.2, 0.25) is 0 Å². The van der Waals surface area contributed by atoms with Crippen LogP contribution in [0.15, 0.2) is 58.5 Å². The fourth-order valence-electron chi connectivity index (χ4n) is 4.59. The van der Waals surface area contributed by atoms with E-state index in [1.165, 1.54) is 4.90 Å². The van der Waals surface area contributed by atoms with Gasteiger partial charge in [-0.15, -0.1) is 0 Å². The number of methoxy groups -OCH3 is 1. The average molecular weight is 474 g/mol. The van der Waals surface area contributed by atoms with Crippen molar-refractivity contribution in [3.05, 3.63) is 87.9 Å². The van der Waals surface area contributed by atoms with Crippen molar-refractivity contribution in [1.29, 1.82) is 0 Å². The van der Waals surface area contributed by atoms with Gasteiger partial charge in [-0.25, -0.2) is 0 Å². The van der Waals surface area contributed by atoms with Crippen LogP contribution < -0.4 is 9.64 Å². The summed E-state index contributed by atoms with van der Waals surface area (Å²) in [6.07, 6.45) is 0.856. The lowest BCUT2D eigenvalue weighted by Gasteiger charge is -2.24. The molecule has 1 atom stereocenters. The Balaban J connectivity index is 1.95. The zero-order chi connectivity index (χ0) is 25.4. The summed E-state index contributed by atoms with van der Waals surface area (Å²) >= 11 is 0. The molecule has 6 heteroatoms. The van der Waals surface area contributed by atoms with Crippen molar-refractivity contribution in [2.75, 3.05) is 12.0 Å². The molecule has 1 aliphatic rings. The highest BCUT2D eigenvalue weighted by molar-refractivity contribution is 6.51. The molecule has 1 aliphatic heterocycles. The van der Waals surface area contributed by atoms with Gasteiger partial charge in [-0.05, 0) is 79.3 Å². The molecule has 2 heterocycles. The number of furan rings is 1. The molecule has 1 unspecified atom stereocenters. The lowest BCUT2D eigenvalue weighted by atomic mass is 9.92. The quantitative estimate of drug-likeness (QED) is 0.261. The van der Waals surface area contributed by atoms with Crippen LogP contribution in [-0.2, 0) is 16.0 Å². The molecule has 1 amide bonds. The van der Waals surface area contributed by atoms with Gasteiger partial charge in [-0.3, -0.25) is 14.5 Å². The number of benzene rings is 2. The van der Waals surface area contributed by atoms with E-state index in [0.29, 0.717) is 28.5 Å². The van der Waals surface area contributed by atoms with Crippen molar-refractivity contribution < 1.29 is 23.8 Å². The second-order valence-electron chi connectivity index (χ2n) is 9.20. The van der Waals surface area contributed by atoms with E-state index in [9.17, 15) is 14.7 Å². The Hall–Kier alpha value is -3.80. The summed E-state index contributed by atoms with van der Waals surface area (Å²) in [5.74, 6) is 0.223. The normalized spacial score (nSPS) is 17.5. The summed E-state index contributed by atoms with van der Waals surface area (Å²) in [7, 11) is 1.61. The minimum atomic E-state index is -0.889. The van der Waals surface area contributed by atoms with Crippen molar-refractivity contribution in [2.24, 2.45) is 0 Å². The van der Waals surface area contributed by atoms with Crippen LogP contribution in [-0.4, -0.2) is 23.9 Å². The van der Waals surface area contributed by atoms with Gasteiger partial charge in [0.2, 0.25) is 0 Å². The lowest BCUT2D eigenvalue weighted by Crippen LogP contribution is -2.29. The monoisotopic (exact) mass is 473 g/mol. The number of Topliss-reactive ketones (excluding diaryl/α,β-unsaturated/α-hetero) is 1. The molecule has 2 aromatic carbocycles. The molecular weight excluding hydrogens is 442 g/mol. The van der Waals surface area contributed by atoms with E-state index in [-0.39, 0.29) is 17.3 Å². The van der Waals surface area contributed by atoms with Crippen LogP contribution in [0, 0.1) is 13.8 Å². The summed E-state index contributed by atoms with van der Waals surface area (Å²) in [6.45, 7) is 9.75. The Morgan fingerprint density at radius 2 is 1.77 bits per heavy atom. The maximum absolute atomic E-state index is 13.4. The molecule has 35 heavy (non-hydrogen) atoms. The van der Waals surface area contributed by atoms with E-state index in [4.69, 9.17) is 9.15 Å². The van der Waals surface area contributed by atoms with E-state index in [0.717, 1.165) is 23.1 Å². The van der Waals surface area contributed by atoms with Crippen molar-refractivity contribution in [2.45, 2.75) is 53.0 Å². The predicted molar refractivity (Wildman–Crippen MR) is 136 cm³/mol. The third-order valence-corrected chi connectivity index (χ3v) is 6.55. The molecule has 1 aromatic heterocycles. The highest BCUT2D eigenvalue weighted by Gasteiger charge is 2.48. The Bertz CT molecular complexity index is 1310. The van der Waals surface area contributed by atoms with Crippen LogP contribution >= 0.6 is 0 Å². The first-order valence-electron chi connectivity index (χ1n) is 11.8. The molecule has 0 aliphatic carbocycles. The Morgan fingerprint density at radius 1 is 1.09 bits per heavy atom. The van der Waals surface area contributed by atoms with E-state index < -0.39 is 17.7 Å². The second-order valence-corrected chi connectivity index (χ2v) is 9.20. The lowest BCUT2D eigenvalue weighted by molar-refractivity contribution is -0.132. The number of carbonyl (C=O) groups excluding carboxylic acids is 2. The van der Waals surface area contributed by atoms with Gasteiger partial charge in [0, 0.05) is 11.3 Å². The number of nitrogens with zero attached hydrogens (tertiary/aromatic N) is 1. The maximum atomic E-state index is 13.4. The molecular formula is C29H31NO5. The second kappa shape index (κ2) is 9.45. The SMILES string of the molecule is CCc1ccc(N2C(=O)C(=O)/C(=C(/O)c3cc(C(C)C)c(OC)cc3C)C2c2ccc(C)o2)cc1. The third kappa shape index (κ3) is 4.25. The fraction of sp³-hybridized carbons (Fsp3) is 0.310. The van der Waals surface area contributed by atoms with Gasteiger partial charge < -0.3 is 14.3 Å². The summed E-state index contributed by atoms with van der Waals surface area (Å²) < 4.78 is 11.4. The molecule has 6 nitrogen and oxygen atoms in total. The number of ketones is 1. The molecule has 3 aromatic rings. The number of aliphatic hydroxyl groups excluding tert-OH is 1. The van der Waals surface area contributed by atoms with Crippen LogP contribution in [0.4, 0.5) is 5.69 Å². The average Bonchev–Trinajstić information content (AvgIpc) is 3.38. The van der Waals surface area contributed by atoms with Crippen LogP contribution in [0.3, 0.4) is 0 Å². The van der Waals surface area contributed by atoms with Crippen molar-refractivity contribution >= 4 is 23.1 Å². The number of amides is 1. The van der Waals surface area contributed by atoms with Gasteiger partial charge in [0.05, 0.1) is 12.7 Å². The number of aliphatic hydroxyl groups is 1. The van der Waals surface area contributed by atoms with Crippen LogP contribution in [0.25, 0.3) is 5.76 Å². The summed E-state index contributed by atoms with van der Waals surface area (Å²) in [5, 5.41) is 11.5. The molecule has 1 N–H and O–H groups in total. The Morgan fingerprint density at radius 3 is 2.31 bits per heavy atom. The van der Waals surface area contributed by atoms with E-state index in [2.05, 4.69) is 6.92 Å². The van der Waals surface area contributed by atoms with Gasteiger partial charge in [0.1, 0.15) is 29.1 Å². The summed E-state index contributed by atoms with van der Waals surface area (Å²) in [4.78, 5) is 28.1. The van der Waals surface area contributed by atoms with Crippen molar-refractivity contribution in [1.82, 2.24) is 0 Å². The van der Waals surface area contributed by atoms with Gasteiger partial charge in [0.25, 0.3) is 11.7 Å². The summed E-state index contributed by atoms with van der Waals surface area (Å²) in [6, 6.07) is 13.8. The first-order chi connectivity index (χ1) is 16.7.